The van der Waals surface area contributed by atoms with Crippen LogP contribution in [0.1, 0.15) is 19.4 Å². The second-order valence-corrected chi connectivity index (χ2v) is 7.99. The van der Waals surface area contributed by atoms with E-state index in [0.717, 1.165) is 5.56 Å². The highest BCUT2D eigenvalue weighted by Gasteiger charge is 2.58. The number of nitrogens with zero attached hydrogens (tertiary/aromatic N) is 2. The molecule has 0 bridgehead atoms. The van der Waals surface area contributed by atoms with Gasteiger partial charge in [-0.2, -0.15) is 0 Å². The highest BCUT2D eigenvalue weighted by atomic mass is 32.2. The molecule has 2 heterocycles. The zero-order valence-electron chi connectivity index (χ0n) is 13.0. The molecule has 0 radical (unpaired) electrons. The van der Waals surface area contributed by atoms with E-state index in [-0.39, 0.29) is 22.1 Å². The number of benzene rings is 1. The molecule has 5 nitrogen and oxygen atoms in total. The number of carbonyl (C=O) groups is 2. The highest BCUT2D eigenvalue weighted by Crippen LogP contribution is 2.48. The van der Waals surface area contributed by atoms with E-state index < -0.39 is 6.04 Å². The van der Waals surface area contributed by atoms with E-state index in [4.69, 9.17) is 4.74 Å². The first-order chi connectivity index (χ1) is 10.4. The predicted octanol–water partition coefficient (Wildman–Crippen LogP) is 2.32. The monoisotopic (exact) mass is 320 g/mol. The number of amides is 2. The fourth-order valence-electron chi connectivity index (χ4n) is 3.21. The van der Waals surface area contributed by atoms with Crippen LogP contribution in [0, 0.1) is 0 Å². The van der Waals surface area contributed by atoms with Gasteiger partial charge in [0, 0.05) is 11.3 Å². The van der Waals surface area contributed by atoms with Gasteiger partial charge in [0.05, 0.1) is 19.0 Å². The Morgan fingerprint density at radius 1 is 1.36 bits per heavy atom. The molecule has 0 N–H and O–H groups in total. The zero-order chi connectivity index (χ0) is 15.9. The number of methoxy groups -OCH3 is 1. The molecule has 2 atom stereocenters. The van der Waals surface area contributed by atoms with E-state index in [2.05, 4.69) is 0 Å². The smallest absolute Gasteiger partial charge is 0.330 e. The first kappa shape index (κ1) is 15.2. The molecule has 1 aromatic rings. The summed E-state index contributed by atoms with van der Waals surface area (Å²) in [4.78, 5) is 28.4. The molecule has 0 aromatic heterocycles. The van der Waals surface area contributed by atoms with Gasteiger partial charge < -0.3 is 9.64 Å². The Morgan fingerprint density at radius 3 is 2.68 bits per heavy atom. The minimum atomic E-state index is -0.527. The largest absolute Gasteiger partial charge is 0.467 e. The summed E-state index contributed by atoms with van der Waals surface area (Å²) < 4.78 is 4.59. The van der Waals surface area contributed by atoms with Gasteiger partial charge in [-0.15, -0.1) is 11.8 Å². The summed E-state index contributed by atoms with van der Waals surface area (Å²) in [5.41, 5.74) is 1.09. The predicted molar refractivity (Wildman–Crippen MR) is 85.3 cm³/mol. The van der Waals surface area contributed by atoms with Crippen LogP contribution in [0.2, 0.25) is 0 Å². The molecule has 1 aromatic carbocycles. The summed E-state index contributed by atoms with van der Waals surface area (Å²) in [6.07, 6.45) is 0. The Balaban J connectivity index is 1.80. The average Bonchev–Trinajstić information content (AvgIpc) is 2.91. The van der Waals surface area contributed by atoms with Gasteiger partial charge >= 0.3 is 12.0 Å². The molecule has 2 amide bonds. The van der Waals surface area contributed by atoms with Crippen LogP contribution in [0.4, 0.5) is 4.79 Å². The van der Waals surface area contributed by atoms with Gasteiger partial charge in [0.2, 0.25) is 0 Å². The average molecular weight is 320 g/mol. The zero-order valence-corrected chi connectivity index (χ0v) is 13.8. The molecule has 118 valence electrons. The van der Waals surface area contributed by atoms with Gasteiger partial charge in [0.25, 0.3) is 0 Å². The van der Waals surface area contributed by atoms with Gasteiger partial charge in [-0.25, -0.2) is 9.59 Å². The van der Waals surface area contributed by atoms with Gasteiger partial charge in [-0.1, -0.05) is 30.3 Å². The molecule has 1 unspecified atom stereocenters. The van der Waals surface area contributed by atoms with Crippen LogP contribution in [-0.4, -0.2) is 51.6 Å². The van der Waals surface area contributed by atoms with Crippen molar-refractivity contribution >= 4 is 23.8 Å². The number of thioether (sulfide) groups is 1. The Bertz CT molecular complexity index is 590. The Kier molecular flexibility index (Phi) is 3.80. The van der Waals surface area contributed by atoms with Crippen molar-refractivity contribution in [3.8, 4) is 0 Å². The summed E-state index contributed by atoms with van der Waals surface area (Å²) in [6, 6.07) is 9.29. The van der Waals surface area contributed by atoms with Crippen LogP contribution >= 0.6 is 11.8 Å². The van der Waals surface area contributed by atoms with Gasteiger partial charge in [0.15, 0.2) is 0 Å². The van der Waals surface area contributed by atoms with E-state index >= 15 is 0 Å². The molecule has 22 heavy (non-hydrogen) atoms. The van der Waals surface area contributed by atoms with Crippen molar-refractivity contribution in [2.24, 2.45) is 0 Å². The molecule has 0 aliphatic carbocycles. The SMILES string of the molecule is COC(=O)[C@@H]1N2C(=O)N(Cc3ccccc3)CC2SC1(C)C. The lowest BCUT2D eigenvalue weighted by Gasteiger charge is -2.29. The quantitative estimate of drug-likeness (QED) is 0.802. The van der Waals surface area contributed by atoms with Gasteiger partial charge in [-0.05, 0) is 19.4 Å². The summed E-state index contributed by atoms with van der Waals surface area (Å²) in [5.74, 6) is -0.338. The van der Waals surface area contributed by atoms with Crippen molar-refractivity contribution < 1.29 is 14.3 Å². The summed E-state index contributed by atoms with van der Waals surface area (Å²) in [5, 5.41) is 0.00955. The van der Waals surface area contributed by atoms with E-state index in [9.17, 15) is 9.59 Å². The third-order valence-corrected chi connectivity index (χ3v) is 5.67. The van der Waals surface area contributed by atoms with Gasteiger partial charge in [-0.3, -0.25) is 4.90 Å². The van der Waals surface area contributed by atoms with Crippen LogP contribution in [-0.2, 0) is 16.1 Å². The van der Waals surface area contributed by atoms with E-state index in [0.29, 0.717) is 13.1 Å². The fourth-order valence-corrected chi connectivity index (χ4v) is 4.83. The number of urea groups is 1. The molecule has 2 aliphatic heterocycles. The molecular formula is C16H20N2O3S. The first-order valence-corrected chi connectivity index (χ1v) is 8.19. The fraction of sp³-hybridized carbons (Fsp3) is 0.500. The maximum atomic E-state index is 12.7. The molecule has 2 saturated heterocycles. The number of rotatable bonds is 3. The molecule has 2 aliphatic rings. The van der Waals surface area contributed by atoms with Crippen molar-refractivity contribution in [2.75, 3.05) is 13.7 Å². The lowest BCUT2D eigenvalue weighted by Crippen LogP contribution is -2.50. The Hall–Kier alpha value is -1.69. The number of fused-ring (bicyclic) bond motifs is 1. The molecule has 0 spiro atoms. The third kappa shape index (κ3) is 2.45. The van der Waals surface area contributed by atoms with Crippen LogP contribution in [0.15, 0.2) is 30.3 Å². The van der Waals surface area contributed by atoms with E-state index in [1.165, 1.54) is 7.11 Å². The maximum absolute atomic E-state index is 12.7. The van der Waals surface area contributed by atoms with Crippen molar-refractivity contribution in [2.45, 2.75) is 36.6 Å². The molecule has 3 rings (SSSR count). The van der Waals surface area contributed by atoms with E-state index in [1.807, 2.05) is 44.2 Å². The summed E-state index contributed by atoms with van der Waals surface area (Å²) >= 11 is 1.67. The third-order valence-electron chi connectivity index (χ3n) is 4.20. The topological polar surface area (TPSA) is 49.9 Å². The van der Waals surface area contributed by atoms with Crippen molar-refractivity contribution in [1.82, 2.24) is 9.80 Å². The standard InChI is InChI=1S/C16H20N2O3S/c1-16(2)13(14(19)21-3)18-12(22-16)10-17(15(18)20)9-11-7-5-4-6-8-11/h4-8,12-13H,9-10H2,1-3H3/t12?,13-/m0/s1. The molecule has 0 saturated carbocycles. The van der Waals surface area contributed by atoms with E-state index in [1.54, 1.807) is 21.6 Å². The lowest BCUT2D eigenvalue weighted by atomic mass is 10.0. The van der Waals surface area contributed by atoms with Crippen molar-refractivity contribution in [3.05, 3.63) is 35.9 Å². The normalized spacial score (nSPS) is 26.2. The molecule has 2 fully saturated rings. The van der Waals surface area contributed by atoms with Crippen molar-refractivity contribution in [3.63, 3.8) is 0 Å². The number of carbonyl (C=O) groups excluding carboxylic acids is 2. The van der Waals surface area contributed by atoms with Crippen LogP contribution in [0.5, 0.6) is 0 Å². The molecular weight excluding hydrogens is 300 g/mol. The Morgan fingerprint density at radius 2 is 2.05 bits per heavy atom. The minimum absolute atomic E-state index is 0.00955. The van der Waals surface area contributed by atoms with Crippen molar-refractivity contribution in [1.29, 1.82) is 0 Å². The highest BCUT2D eigenvalue weighted by molar-refractivity contribution is 8.01. The first-order valence-electron chi connectivity index (χ1n) is 7.31. The Labute approximate surface area is 134 Å². The molecule has 6 heteroatoms. The maximum Gasteiger partial charge on any atom is 0.330 e. The number of hydrogen-bond donors (Lipinski definition) is 0. The second kappa shape index (κ2) is 5.50. The second-order valence-electron chi connectivity index (χ2n) is 6.16. The lowest BCUT2D eigenvalue weighted by molar-refractivity contribution is -0.146. The summed E-state index contributed by atoms with van der Waals surface area (Å²) in [7, 11) is 1.37. The number of hydrogen-bond acceptors (Lipinski definition) is 4. The number of ether oxygens (including phenoxy) is 1. The van der Waals surface area contributed by atoms with Crippen LogP contribution in [0.25, 0.3) is 0 Å². The van der Waals surface area contributed by atoms with Crippen LogP contribution in [0.3, 0.4) is 0 Å². The number of esters is 1. The minimum Gasteiger partial charge on any atom is -0.467 e. The summed E-state index contributed by atoms with van der Waals surface area (Å²) in [6.45, 7) is 5.19. The van der Waals surface area contributed by atoms with Crippen LogP contribution < -0.4 is 0 Å². The van der Waals surface area contributed by atoms with Gasteiger partial charge in [0.1, 0.15) is 6.04 Å².